The van der Waals surface area contributed by atoms with Gasteiger partial charge in [0.15, 0.2) is 0 Å². The van der Waals surface area contributed by atoms with Crippen LogP contribution in [0.3, 0.4) is 0 Å². The molecule has 3 aromatic rings. The minimum absolute atomic E-state index is 0.0817. The first-order valence-electron chi connectivity index (χ1n) is 9.97. The van der Waals surface area contributed by atoms with Crippen LogP contribution in [0.2, 0.25) is 5.02 Å². The quantitative estimate of drug-likeness (QED) is 0.301. The monoisotopic (exact) mass is 454 g/mol. The molecule has 1 amide bonds. The number of hydrogen-bond acceptors (Lipinski definition) is 5. The number of rotatable bonds is 8. The van der Waals surface area contributed by atoms with Crippen LogP contribution in [0.4, 0.5) is 5.69 Å². The molecule has 32 heavy (non-hydrogen) atoms. The van der Waals surface area contributed by atoms with Gasteiger partial charge in [0, 0.05) is 23.0 Å². The third-order valence-corrected chi connectivity index (χ3v) is 5.17. The van der Waals surface area contributed by atoms with E-state index in [-0.39, 0.29) is 23.0 Å². The number of nitrogens with one attached hydrogen (secondary N) is 1. The summed E-state index contributed by atoms with van der Waals surface area (Å²) in [4.78, 5) is 22.9. The first-order chi connectivity index (χ1) is 15.3. The van der Waals surface area contributed by atoms with Gasteiger partial charge in [-0.3, -0.25) is 14.9 Å². The smallest absolute Gasteiger partial charge is 0.289 e. The molecule has 166 valence electrons. The molecular weight excluding hydrogens is 432 g/mol. The number of aromatic nitrogens is 1. The molecule has 0 saturated heterocycles. The molecule has 1 heterocycles. The Morgan fingerprint density at radius 1 is 1.22 bits per heavy atom. The largest absolute Gasteiger partial charge is 0.494 e. The summed E-state index contributed by atoms with van der Waals surface area (Å²) in [6, 6.07) is 13.9. The van der Waals surface area contributed by atoms with Crippen LogP contribution in [-0.2, 0) is 11.2 Å². The van der Waals surface area contributed by atoms with E-state index >= 15 is 0 Å². The summed E-state index contributed by atoms with van der Waals surface area (Å²) >= 11 is 5.92. The summed E-state index contributed by atoms with van der Waals surface area (Å²) in [6.07, 6.45) is 1.75. The van der Waals surface area contributed by atoms with Crippen molar-refractivity contribution < 1.29 is 14.5 Å². The van der Waals surface area contributed by atoms with E-state index in [1.54, 1.807) is 12.3 Å². The van der Waals surface area contributed by atoms with E-state index in [0.29, 0.717) is 12.3 Å². The number of ether oxygens (including phenoxy) is 1. The summed E-state index contributed by atoms with van der Waals surface area (Å²) in [5, 5.41) is 15.4. The van der Waals surface area contributed by atoms with Crippen LogP contribution in [0.1, 0.15) is 29.4 Å². The van der Waals surface area contributed by atoms with E-state index in [9.17, 15) is 14.9 Å². The van der Waals surface area contributed by atoms with Crippen molar-refractivity contribution >= 4 is 29.4 Å². The third-order valence-electron chi connectivity index (χ3n) is 4.85. The van der Waals surface area contributed by atoms with E-state index in [2.05, 4.69) is 10.5 Å². The van der Waals surface area contributed by atoms with E-state index in [0.717, 1.165) is 28.3 Å². The van der Waals surface area contributed by atoms with Crippen molar-refractivity contribution in [2.45, 2.75) is 27.2 Å². The molecule has 0 spiro atoms. The average molecular weight is 455 g/mol. The predicted molar refractivity (Wildman–Crippen MR) is 124 cm³/mol. The summed E-state index contributed by atoms with van der Waals surface area (Å²) in [5.41, 5.74) is 6.31. The number of nitro groups is 1. The van der Waals surface area contributed by atoms with Crippen molar-refractivity contribution in [2.75, 3.05) is 6.61 Å². The van der Waals surface area contributed by atoms with Crippen molar-refractivity contribution in [2.24, 2.45) is 5.10 Å². The molecule has 0 fully saturated rings. The van der Waals surface area contributed by atoms with Crippen LogP contribution in [0.15, 0.2) is 53.6 Å². The van der Waals surface area contributed by atoms with Crippen LogP contribution < -0.4 is 10.2 Å². The Morgan fingerprint density at radius 3 is 2.59 bits per heavy atom. The Kier molecular flexibility index (Phi) is 7.27. The van der Waals surface area contributed by atoms with Gasteiger partial charge in [-0.05, 0) is 56.7 Å². The average Bonchev–Trinajstić information content (AvgIpc) is 3.03. The molecule has 0 radical (unpaired) electrons. The molecular formula is C23H23ClN4O4. The van der Waals surface area contributed by atoms with E-state index in [4.69, 9.17) is 16.3 Å². The van der Waals surface area contributed by atoms with Crippen LogP contribution in [0.5, 0.6) is 5.75 Å². The Bertz CT molecular complexity index is 1170. The molecule has 0 bridgehead atoms. The summed E-state index contributed by atoms with van der Waals surface area (Å²) in [6.45, 7) is 6.26. The Balaban J connectivity index is 1.70. The first-order valence-corrected chi connectivity index (χ1v) is 10.3. The number of carbonyl (C=O) groups is 1. The van der Waals surface area contributed by atoms with Crippen molar-refractivity contribution in [1.29, 1.82) is 0 Å². The zero-order valence-corrected chi connectivity index (χ0v) is 18.7. The van der Waals surface area contributed by atoms with Crippen LogP contribution >= 0.6 is 11.6 Å². The minimum atomic E-state index is -0.512. The molecule has 1 N–H and O–H groups in total. The fraction of sp³-hybridized carbons (Fsp3) is 0.217. The zero-order valence-electron chi connectivity index (χ0n) is 18.0. The van der Waals surface area contributed by atoms with E-state index in [1.807, 2.05) is 55.7 Å². The van der Waals surface area contributed by atoms with Gasteiger partial charge in [0.05, 0.1) is 29.9 Å². The minimum Gasteiger partial charge on any atom is -0.494 e. The number of aryl methyl sites for hydroxylation is 1. The molecule has 8 nitrogen and oxygen atoms in total. The molecule has 2 aromatic carbocycles. The van der Waals surface area contributed by atoms with Crippen molar-refractivity contribution in [3.8, 4) is 11.4 Å². The van der Waals surface area contributed by atoms with Gasteiger partial charge in [-0.25, -0.2) is 5.43 Å². The van der Waals surface area contributed by atoms with Gasteiger partial charge < -0.3 is 9.30 Å². The molecule has 0 aliphatic rings. The molecule has 0 atom stereocenters. The van der Waals surface area contributed by atoms with Gasteiger partial charge in [-0.1, -0.05) is 23.7 Å². The number of halogens is 1. The van der Waals surface area contributed by atoms with E-state index < -0.39 is 4.92 Å². The molecule has 1 aromatic heterocycles. The first kappa shape index (κ1) is 23.0. The summed E-state index contributed by atoms with van der Waals surface area (Å²) in [5.74, 6) is 0.517. The number of nitro benzene ring substituents is 1. The molecule has 0 saturated carbocycles. The normalized spacial score (nSPS) is 11.0. The molecule has 0 aliphatic heterocycles. The van der Waals surface area contributed by atoms with Crippen LogP contribution in [0, 0.1) is 24.0 Å². The van der Waals surface area contributed by atoms with Crippen molar-refractivity contribution in [3.05, 3.63) is 86.2 Å². The highest BCUT2D eigenvalue weighted by Gasteiger charge is 2.16. The maximum absolute atomic E-state index is 12.2. The number of hydrogen-bond donors (Lipinski definition) is 1. The molecule has 9 heteroatoms. The highest BCUT2D eigenvalue weighted by Crippen LogP contribution is 2.29. The molecule has 0 aliphatic carbocycles. The SMILES string of the molecule is CCOc1ccc(CC(=O)N/N=C\c2cc(C)n(-c3ccc(Cl)c([N+](=O)[O-])c3)c2C)cc1. The third kappa shape index (κ3) is 5.33. The van der Waals surface area contributed by atoms with Gasteiger partial charge >= 0.3 is 0 Å². The number of hydrazone groups is 1. The summed E-state index contributed by atoms with van der Waals surface area (Å²) in [7, 11) is 0. The van der Waals surface area contributed by atoms with Gasteiger partial charge in [0.2, 0.25) is 5.91 Å². The lowest BCUT2D eigenvalue weighted by molar-refractivity contribution is -0.384. The Morgan fingerprint density at radius 2 is 1.94 bits per heavy atom. The second-order valence-corrected chi connectivity index (χ2v) is 7.51. The van der Waals surface area contributed by atoms with E-state index in [1.165, 1.54) is 12.1 Å². The van der Waals surface area contributed by atoms with Crippen molar-refractivity contribution in [1.82, 2.24) is 9.99 Å². The fourth-order valence-corrected chi connectivity index (χ4v) is 3.55. The number of benzene rings is 2. The lowest BCUT2D eigenvalue weighted by atomic mass is 10.1. The maximum Gasteiger partial charge on any atom is 0.289 e. The topological polar surface area (TPSA) is 98.8 Å². The second kappa shape index (κ2) is 10.1. The maximum atomic E-state index is 12.2. The van der Waals surface area contributed by atoms with Crippen LogP contribution in [0.25, 0.3) is 5.69 Å². The zero-order chi connectivity index (χ0) is 23.3. The number of carbonyl (C=O) groups excluding carboxylic acids is 1. The lowest BCUT2D eigenvalue weighted by Gasteiger charge is -2.10. The van der Waals surface area contributed by atoms with Gasteiger partial charge in [0.1, 0.15) is 10.8 Å². The highest BCUT2D eigenvalue weighted by molar-refractivity contribution is 6.32. The van der Waals surface area contributed by atoms with Gasteiger partial charge in [-0.15, -0.1) is 0 Å². The predicted octanol–water partition coefficient (Wildman–Crippen LogP) is 4.75. The second-order valence-electron chi connectivity index (χ2n) is 7.10. The van der Waals surface area contributed by atoms with Crippen molar-refractivity contribution in [3.63, 3.8) is 0 Å². The summed E-state index contributed by atoms with van der Waals surface area (Å²) < 4.78 is 7.26. The number of amides is 1. The fourth-order valence-electron chi connectivity index (χ4n) is 3.36. The standard InChI is InChI=1S/C23H23ClN4O4/c1-4-32-20-8-5-17(6-9-20)12-23(29)26-25-14-18-11-15(2)27(16(18)3)19-7-10-21(24)22(13-19)28(30)31/h5-11,13-14H,4,12H2,1-3H3,(H,26,29)/b25-14-. The highest BCUT2D eigenvalue weighted by atomic mass is 35.5. The van der Waals surface area contributed by atoms with Crippen LogP contribution in [-0.4, -0.2) is 28.2 Å². The Hall–Kier alpha value is -3.65. The molecule has 3 rings (SSSR count). The lowest BCUT2D eigenvalue weighted by Crippen LogP contribution is -2.19. The molecule has 0 unspecified atom stereocenters. The number of nitrogens with zero attached hydrogens (tertiary/aromatic N) is 3. The van der Waals surface area contributed by atoms with Gasteiger partial charge in [-0.2, -0.15) is 5.10 Å². The van der Waals surface area contributed by atoms with Gasteiger partial charge in [0.25, 0.3) is 5.69 Å². The Labute approximate surface area is 190 Å².